The Morgan fingerprint density at radius 1 is 1.08 bits per heavy atom. The van der Waals surface area contributed by atoms with E-state index in [1.165, 1.54) is 16.3 Å². The van der Waals surface area contributed by atoms with E-state index >= 15 is 0 Å². The van der Waals surface area contributed by atoms with E-state index in [0.717, 1.165) is 28.3 Å². The first kappa shape index (κ1) is 27.3. The summed E-state index contributed by atoms with van der Waals surface area (Å²) in [7, 11) is -0.169. The van der Waals surface area contributed by atoms with E-state index in [9.17, 15) is 9.59 Å². The van der Waals surface area contributed by atoms with Gasteiger partial charge in [0.05, 0.1) is 37.0 Å². The highest BCUT2D eigenvalue weighted by atomic mass is 32.2. The molecule has 0 radical (unpaired) electrons. The van der Waals surface area contributed by atoms with Gasteiger partial charge < -0.3 is 18.5 Å². The number of fused-ring (bicyclic) bond motifs is 1. The summed E-state index contributed by atoms with van der Waals surface area (Å²) in [5, 5.41) is 0.163. The molecule has 198 valence electrons. The zero-order chi connectivity index (χ0) is 26.8. The van der Waals surface area contributed by atoms with Gasteiger partial charge in [-0.3, -0.25) is 4.79 Å². The predicted octanol–water partition coefficient (Wildman–Crippen LogP) is 6.03. The molecule has 7 nitrogen and oxygen atoms in total. The van der Waals surface area contributed by atoms with Gasteiger partial charge in [0.1, 0.15) is 11.5 Å². The molecule has 0 saturated heterocycles. The fourth-order valence-electron chi connectivity index (χ4n) is 3.90. The van der Waals surface area contributed by atoms with Crippen LogP contribution in [-0.4, -0.2) is 38.3 Å². The second-order valence-corrected chi connectivity index (χ2v) is 16.6. The quantitative estimate of drug-likeness (QED) is 0.244. The molecule has 0 aliphatic carbocycles. The molecule has 0 saturated carbocycles. The largest absolute Gasteiger partial charge is 0.497 e. The summed E-state index contributed by atoms with van der Waals surface area (Å²) in [5.41, 5.74) is 2.47. The number of aromatic nitrogens is 1. The summed E-state index contributed by atoms with van der Waals surface area (Å²) in [6, 6.07) is 13.4. The highest BCUT2D eigenvalue weighted by molar-refractivity contribution is 8.00. The number of carbonyl (C=O) groups excluding carboxylic acids is 1. The van der Waals surface area contributed by atoms with Crippen molar-refractivity contribution in [2.24, 2.45) is 0 Å². The summed E-state index contributed by atoms with van der Waals surface area (Å²) in [4.78, 5) is 28.4. The summed E-state index contributed by atoms with van der Waals surface area (Å²) in [5.74, 6) is 1.38. The highest BCUT2D eigenvalue weighted by Gasteiger charge is 2.36. The minimum Gasteiger partial charge on any atom is -0.497 e. The monoisotopic (exact) mass is 540 g/mol. The fourth-order valence-corrected chi connectivity index (χ4v) is 5.90. The van der Waals surface area contributed by atoms with Crippen molar-refractivity contribution in [3.63, 3.8) is 0 Å². The van der Waals surface area contributed by atoms with E-state index < -0.39 is 14.1 Å². The van der Waals surface area contributed by atoms with Crippen LogP contribution in [0, 0.1) is 0 Å². The van der Waals surface area contributed by atoms with Gasteiger partial charge in [0.15, 0.2) is 8.32 Å². The molecule has 0 unspecified atom stereocenters. The number of rotatable bonds is 9. The number of hydrogen-bond donors (Lipinski definition) is 0. The number of benzene rings is 2. The van der Waals surface area contributed by atoms with Crippen LogP contribution < -0.4 is 15.4 Å². The topological polar surface area (TPSA) is 73.9 Å². The van der Waals surface area contributed by atoms with Crippen molar-refractivity contribution in [3.05, 3.63) is 70.5 Å². The zero-order valence-electron chi connectivity index (χ0n) is 22.5. The number of carbonyl (C=O) groups is 1. The Balaban J connectivity index is 1.49. The van der Waals surface area contributed by atoms with Crippen LogP contribution >= 0.6 is 11.8 Å². The van der Waals surface area contributed by atoms with Crippen LogP contribution in [0.2, 0.25) is 18.1 Å². The average Bonchev–Trinajstić information content (AvgIpc) is 3.23. The zero-order valence-corrected chi connectivity index (χ0v) is 24.3. The molecular weight excluding hydrogens is 504 g/mol. The van der Waals surface area contributed by atoms with Crippen LogP contribution in [0.1, 0.15) is 38.5 Å². The SMILES string of the molecule is COc1ccc(CN2C(=O)CSc3ccc(-n4cc(CCCO[Si](C)(C)C(C)(C)C)oc4=O)cc32)cc1. The summed E-state index contributed by atoms with van der Waals surface area (Å²) >= 11 is 1.51. The Kier molecular flexibility index (Phi) is 8.06. The van der Waals surface area contributed by atoms with E-state index in [4.69, 9.17) is 13.6 Å². The van der Waals surface area contributed by atoms with E-state index in [-0.39, 0.29) is 10.9 Å². The lowest BCUT2D eigenvalue weighted by atomic mass is 10.1. The van der Waals surface area contributed by atoms with E-state index in [1.54, 1.807) is 18.2 Å². The first-order valence-corrected chi connectivity index (χ1v) is 16.4. The lowest BCUT2D eigenvalue weighted by molar-refractivity contribution is -0.116. The molecule has 0 atom stereocenters. The molecule has 0 spiro atoms. The van der Waals surface area contributed by atoms with Crippen molar-refractivity contribution in [2.75, 3.05) is 24.4 Å². The van der Waals surface area contributed by atoms with Crippen LogP contribution in [0.15, 0.2) is 62.8 Å². The van der Waals surface area contributed by atoms with Gasteiger partial charge in [0, 0.05) is 17.9 Å². The number of methoxy groups -OCH3 is 1. The van der Waals surface area contributed by atoms with E-state index in [1.807, 2.05) is 42.5 Å². The first-order chi connectivity index (χ1) is 17.5. The molecule has 0 fully saturated rings. The van der Waals surface area contributed by atoms with E-state index in [2.05, 4.69) is 33.9 Å². The number of aryl methyl sites for hydroxylation is 1. The van der Waals surface area contributed by atoms with Crippen LogP contribution in [0.3, 0.4) is 0 Å². The summed E-state index contributed by atoms with van der Waals surface area (Å²) in [6.45, 7) is 12.2. The van der Waals surface area contributed by atoms with Crippen molar-refractivity contribution in [2.45, 2.75) is 63.2 Å². The van der Waals surface area contributed by atoms with Gasteiger partial charge >= 0.3 is 5.76 Å². The number of hydrogen-bond acceptors (Lipinski definition) is 6. The maximum atomic E-state index is 12.9. The van der Waals surface area contributed by atoms with Gasteiger partial charge in [-0.25, -0.2) is 9.36 Å². The minimum atomic E-state index is -1.80. The molecular formula is C28H36N2O5SSi. The van der Waals surface area contributed by atoms with Gasteiger partial charge in [-0.1, -0.05) is 32.9 Å². The smallest absolute Gasteiger partial charge is 0.423 e. The maximum absolute atomic E-state index is 12.9. The lowest BCUT2D eigenvalue weighted by Crippen LogP contribution is -2.41. The summed E-state index contributed by atoms with van der Waals surface area (Å²) < 4.78 is 18.5. The maximum Gasteiger partial charge on any atom is 0.423 e. The molecule has 3 aromatic rings. The first-order valence-electron chi connectivity index (χ1n) is 12.5. The van der Waals surface area contributed by atoms with Gasteiger partial charge in [0.25, 0.3) is 0 Å². The third-order valence-corrected chi connectivity index (χ3v) is 12.8. The number of nitrogens with zero attached hydrogens (tertiary/aromatic N) is 2. The Hall–Kier alpha value is -2.75. The van der Waals surface area contributed by atoms with Crippen molar-refractivity contribution in [1.29, 1.82) is 0 Å². The number of thioether (sulfide) groups is 1. The number of amides is 1. The van der Waals surface area contributed by atoms with Gasteiger partial charge in [-0.2, -0.15) is 0 Å². The molecule has 1 aliphatic heterocycles. The standard InChI is InChI=1S/C28H36N2O5SSi/c1-28(2,3)37(5,6)34-15-7-8-23-18-29(27(32)35-23)21-11-14-25-24(16-21)30(26(31)19-36-25)17-20-9-12-22(33-4)13-10-20/h9-14,16,18H,7-8,15,17,19H2,1-6H3. The molecule has 2 heterocycles. The Morgan fingerprint density at radius 3 is 2.49 bits per heavy atom. The molecule has 2 aromatic carbocycles. The molecule has 4 rings (SSSR count). The van der Waals surface area contributed by atoms with E-state index in [0.29, 0.717) is 36.8 Å². The molecule has 37 heavy (non-hydrogen) atoms. The normalized spacial score (nSPS) is 14.1. The fraction of sp³-hybridized carbons (Fsp3) is 0.429. The lowest BCUT2D eigenvalue weighted by Gasteiger charge is -2.36. The van der Waals surface area contributed by atoms with Crippen molar-refractivity contribution in [1.82, 2.24) is 4.57 Å². The van der Waals surface area contributed by atoms with Crippen LogP contribution in [-0.2, 0) is 22.2 Å². The molecule has 0 bridgehead atoms. The van der Waals surface area contributed by atoms with Crippen LogP contribution in [0.5, 0.6) is 5.75 Å². The molecule has 1 amide bonds. The van der Waals surface area contributed by atoms with Crippen molar-refractivity contribution < 1.29 is 18.4 Å². The van der Waals surface area contributed by atoms with Crippen molar-refractivity contribution >= 4 is 31.7 Å². The van der Waals surface area contributed by atoms with Crippen molar-refractivity contribution in [3.8, 4) is 11.4 Å². The number of oxazole rings is 1. The third kappa shape index (κ3) is 6.22. The summed E-state index contributed by atoms with van der Waals surface area (Å²) in [6.07, 6.45) is 3.16. The Labute approximate surface area is 223 Å². The number of anilines is 1. The molecule has 1 aliphatic rings. The third-order valence-electron chi connectivity index (χ3n) is 7.19. The predicted molar refractivity (Wildman–Crippen MR) is 151 cm³/mol. The Bertz CT molecular complexity index is 1310. The van der Waals surface area contributed by atoms with Crippen LogP contribution in [0.25, 0.3) is 5.69 Å². The Morgan fingerprint density at radius 2 is 1.81 bits per heavy atom. The van der Waals surface area contributed by atoms with Gasteiger partial charge in [-0.05, 0) is 60.4 Å². The second-order valence-electron chi connectivity index (χ2n) is 10.8. The molecule has 9 heteroatoms. The molecule has 0 N–H and O–H groups in total. The van der Waals surface area contributed by atoms with Gasteiger partial charge in [-0.15, -0.1) is 11.8 Å². The average molecular weight is 541 g/mol. The van der Waals surface area contributed by atoms with Gasteiger partial charge in [0.2, 0.25) is 5.91 Å². The van der Waals surface area contributed by atoms with Crippen LogP contribution in [0.4, 0.5) is 5.69 Å². The minimum absolute atomic E-state index is 0.0347. The second kappa shape index (κ2) is 10.9. The highest BCUT2D eigenvalue weighted by Crippen LogP contribution is 2.38. The molecule has 1 aromatic heterocycles. The number of ether oxygens (including phenoxy) is 1.